The van der Waals surface area contributed by atoms with Crippen molar-refractivity contribution >= 4 is 17.3 Å². The molecular formula is C30H36FN3O3. The third kappa shape index (κ3) is 4.40. The second-order valence-electron chi connectivity index (χ2n) is 11.5. The molecule has 0 N–H and O–H groups in total. The molecule has 1 saturated carbocycles. The Balaban J connectivity index is 1.01. The fourth-order valence-corrected chi connectivity index (χ4v) is 7.04. The summed E-state index contributed by atoms with van der Waals surface area (Å²) in [5.41, 5.74) is 2.94. The van der Waals surface area contributed by atoms with Gasteiger partial charge in [-0.05, 0) is 92.3 Å². The van der Waals surface area contributed by atoms with Crippen molar-refractivity contribution in [3.63, 3.8) is 0 Å². The highest BCUT2D eigenvalue weighted by atomic mass is 19.1. The number of hydrogen-bond acceptors (Lipinski definition) is 5. The molecule has 4 atom stereocenters. The van der Waals surface area contributed by atoms with E-state index in [0.717, 1.165) is 62.1 Å². The van der Waals surface area contributed by atoms with Crippen molar-refractivity contribution in [3.8, 4) is 5.75 Å². The van der Waals surface area contributed by atoms with Crippen LogP contribution < -0.4 is 14.5 Å². The van der Waals surface area contributed by atoms with Crippen LogP contribution in [0.1, 0.15) is 48.0 Å². The number of rotatable bonds is 6. The van der Waals surface area contributed by atoms with Gasteiger partial charge < -0.3 is 19.3 Å². The molecule has 0 spiro atoms. The molecule has 7 heteroatoms. The van der Waals surface area contributed by atoms with Crippen LogP contribution in [0.15, 0.2) is 36.4 Å². The van der Waals surface area contributed by atoms with Gasteiger partial charge in [0.15, 0.2) is 0 Å². The largest absolute Gasteiger partial charge is 0.491 e. The number of halogens is 1. The summed E-state index contributed by atoms with van der Waals surface area (Å²) in [6.07, 6.45) is 6.87. The molecular weight excluding hydrogens is 469 g/mol. The molecule has 2 aromatic carbocycles. The molecule has 0 radical (unpaired) electrons. The molecule has 0 aromatic heterocycles. The van der Waals surface area contributed by atoms with Gasteiger partial charge in [-0.2, -0.15) is 0 Å². The van der Waals surface area contributed by atoms with Crippen LogP contribution in [0.2, 0.25) is 0 Å². The van der Waals surface area contributed by atoms with Crippen molar-refractivity contribution in [2.24, 2.45) is 11.8 Å². The van der Waals surface area contributed by atoms with Crippen molar-refractivity contribution in [2.75, 3.05) is 55.7 Å². The first kappa shape index (κ1) is 23.5. The number of benzene rings is 2. The molecule has 4 heterocycles. The van der Waals surface area contributed by atoms with Crippen LogP contribution in [0.5, 0.6) is 5.75 Å². The molecule has 6 nitrogen and oxygen atoms in total. The zero-order valence-corrected chi connectivity index (χ0v) is 21.4. The minimum atomic E-state index is -0.240. The summed E-state index contributed by atoms with van der Waals surface area (Å²) in [5.74, 6) is 2.27. The number of nitrogens with zero attached hydrogens (tertiary/aromatic N) is 3. The Kier molecular flexibility index (Phi) is 6.08. The standard InChI is InChI=1S/C30H36FN3O3/c31-28-15-23(5-8-29(28)32-11-10-24(18-32)33-16-21-3-4-22(21)17-33)34-12-9-20-14-25(6-7-27(20)30(34)35)37-19-26-2-1-13-36-26/h5-8,14-15,21-22,24,26H,1-4,9-13,16-19H2/t21?,22?,24?,26-/m0/s1. The lowest BCUT2D eigenvalue weighted by Crippen LogP contribution is -2.38. The van der Waals surface area contributed by atoms with Gasteiger partial charge in [-0.25, -0.2) is 4.39 Å². The Hall–Kier alpha value is -2.64. The first-order chi connectivity index (χ1) is 18.1. The number of amides is 1. The smallest absolute Gasteiger partial charge is 0.258 e. The van der Waals surface area contributed by atoms with Crippen LogP contribution in [0.4, 0.5) is 15.8 Å². The summed E-state index contributed by atoms with van der Waals surface area (Å²) in [4.78, 5) is 19.9. The van der Waals surface area contributed by atoms with E-state index in [0.29, 0.717) is 42.6 Å². The fourth-order valence-electron chi connectivity index (χ4n) is 7.04. The maximum Gasteiger partial charge on any atom is 0.258 e. The number of hydrogen-bond donors (Lipinski definition) is 0. The van der Waals surface area contributed by atoms with Gasteiger partial charge in [-0.3, -0.25) is 9.69 Å². The van der Waals surface area contributed by atoms with E-state index in [4.69, 9.17) is 9.47 Å². The molecule has 37 heavy (non-hydrogen) atoms. The number of anilines is 2. The van der Waals surface area contributed by atoms with Crippen molar-refractivity contribution in [2.45, 2.75) is 50.7 Å². The highest BCUT2D eigenvalue weighted by Gasteiger charge is 2.43. The minimum absolute atomic E-state index is 0.0797. The summed E-state index contributed by atoms with van der Waals surface area (Å²) < 4.78 is 26.9. The number of ether oxygens (including phenoxy) is 2. The zero-order valence-electron chi connectivity index (χ0n) is 21.4. The maximum atomic E-state index is 15.4. The normalized spacial score (nSPS) is 29.4. The lowest BCUT2D eigenvalue weighted by atomic mass is 9.77. The topological polar surface area (TPSA) is 45.3 Å². The van der Waals surface area contributed by atoms with E-state index in [9.17, 15) is 4.79 Å². The third-order valence-electron chi connectivity index (χ3n) is 9.39. The molecule has 3 saturated heterocycles. The SMILES string of the molecule is O=C1c2ccc(OC[C@@H]3CCCO3)cc2CCN1c1ccc(N2CCC(N3CC4CCC4C3)C2)c(F)c1. The van der Waals surface area contributed by atoms with Crippen LogP contribution in [0.25, 0.3) is 0 Å². The molecule has 7 rings (SSSR count). The lowest BCUT2D eigenvalue weighted by molar-refractivity contribution is 0.0679. The number of carbonyl (C=O) groups is 1. The summed E-state index contributed by atoms with van der Waals surface area (Å²) >= 11 is 0. The van der Waals surface area contributed by atoms with Crippen molar-refractivity contribution in [3.05, 3.63) is 53.3 Å². The molecule has 4 aliphatic heterocycles. The highest BCUT2D eigenvalue weighted by Crippen LogP contribution is 2.42. The number of carbonyl (C=O) groups excluding carboxylic acids is 1. The average Bonchev–Trinajstić information content (AvgIpc) is 3.64. The van der Waals surface area contributed by atoms with E-state index in [-0.39, 0.29) is 17.8 Å². The van der Waals surface area contributed by atoms with E-state index in [1.807, 2.05) is 30.3 Å². The first-order valence-corrected chi connectivity index (χ1v) is 14.1. The van der Waals surface area contributed by atoms with E-state index in [1.54, 1.807) is 11.0 Å². The van der Waals surface area contributed by atoms with Crippen LogP contribution in [0.3, 0.4) is 0 Å². The van der Waals surface area contributed by atoms with Gasteiger partial charge in [0.1, 0.15) is 18.2 Å². The van der Waals surface area contributed by atoms with Crippen LogP contribution >= 0.6 is 0 Å². The van der Waals surface area contributed by atoms with Crippen LogP contribution in [0, 0.1) is 17.7 Å². The average molecular weight is 506 g/mol. The number of fused-ring (bicyclic) bond motifs is 2. The van der Waals surface area contributed by atoms with Gasteiger partial charge in [-0.15, -0.1) is 0 Å². The van der Waals surface area contributed by atoms with E-state index in [1.165, 1.54) is 25.9 Å². The van der Waals surface area contributed by atoms with Crippen molar-refractivity contribution in [1.82, 2.24) is 4.90 Å². The Morgan fingerprint density at radius 3 is 2.59 bits per heavy atom. The van der Waals surface area contributed by atoms with E-state index < -0.39 is 0 Å². The van der Waals surface area contributed by atoms with E-state index >= 15 is 4.39 Å². The van der Waals surface area contributed by atoms with Gasteiger partial charge in [0.25, 0.3) is 5.91 Å². The highest BCUT2D eigenvalue weighted by molar-refractivity contribution is 6.08. The first-order valence-electron chi connectivity index (χ1n) is 14.1. The molecule has 4 fully saturated rings. The summed E-state index contributed by atoms with van der Waals surface area (Å²) in [6.45, 7) is 6.12. The van der Waals surface area contributed by atoms with E-state index in [2.05, 4.69) is 9.80 Å². The quantitative estimate of drug-likeness (QED) is 0.578. The fraction of sp³-hybridized carbons (Fsp3) is 0.567. The summed E-state index contributed by atoms with van der Waals surface area (Å²) in [5, 5.41) is 0. The van der Waals surface area contributed by atoms with Gasteiger partial charge in [0.2, 0.25) is 0 Å². The molecule has 1 aliphatic carbocycles. The van der Waals surface area contributed by atoms with Gasteiger partial charge >= 0.3 is 0 Å². The lowest BCUT2D eigenvalue weighted by Gasteiger charge is -2.30. The van der Waals surface area contributed by atoms with Crippen LogP contribution in [-0.4, -0.2) is 68.9 Å². The number of likely N-dealkylation sites (tertiary alicyclic amines) is 1. The van der Waals surface area contributed by atoms with Crippen molar-refractivity contribution < 1.29 is 18.7 Å². The zero-order chi connectivity index (χ0) is 24.9. The Labute approximate surface area is 218 Å². The Morgan fingerprint density at radius 2 is 1.84 bits per heavy atom. The maximum absolute atomic E-state index is 15.4. The van der Waals surface area contributed by atoms with Gasteiger partial charge in [0.05, 0.1) is 11.8 Å². The Morgan fingerprint density at radius 1 is 0.973 bits per heavy atom. The predicted octanol–water partition coefficient (Wildman–Crippen LogP) is 4.51. The predicted molar refractivity (Wildman–Crippen MR) is 141 cm³/mol. The molecule has 5 aliphatic rings. The molecule has 0 bridgehead atoms. The molecule has 1 amide bonds. The van der Waals surface area contributed by atoms with Crippen molar-refractivity contribution in [1.29, 1.82) is 0 Å². The van der Waals surface area contributed by atoms with Gasteiger partial charge in [-0.1, -0.05) is 0 Å². The minimum Gasteiger partial charge on any atom is -0.491 e. The second-order valence-corrected chi connectivity index (χ2v) is 11.5. The molecule has 196 valence electrons. The summed E-state index contributed by atoms with van der Waals surface area (Å²) in [7, 11) is 0. The Bertz CT molecular complexity index is 1170. The van der Waals surface area contributed by atoms with Crippen LogP contribution in [-0.2, 0) is 11.2 Å². The summed E-state index contributed by atoms with van der Waals surface area (Å²) in [6, 6.07) is 11.5. The second kappa shape index (κ2) is 9.59. The monoisotopic (exact) mass is 505 g/mol. The molecule has 3 unspecified atom stereocenters. The van der Waals surface area contributed by atoms with Gasteiger partial charge in [0, 0.05) is 56.6 Å². The third-order valence-corrected chi connectivity index (χ3v) is 9.39. The molecule has 2 aromatic rings.